The molecule has 0 spiro atoms. The fourth-order valence-corrected chi connectivity index (χ4v) is 2.53. The van der Waals surface area contributed by atoms with Gasteiger partial charge in [0.05, 0.1) is 10.9 Å². The highest BCUT2D eigenvalue weighted by molar-refractivity contribution is 14.1. The van der Waals surface area contributed by atoms with Gasteiger partial charge in [0.1, 0.15) is 6.54 Å². The molecule has 1 nitrogen and oxygen atoms in total. The Balaban J connectivity index is 0.00000180. The van der Waals surface area contributed by atoms with Crippen LogP contribution in [0.15, 0.2) is 30.5 Å². The number of halogens is 5. The van der Waals surface area contributed by atoms with Crippen molar-refractivity contribution in [3.63, 3.8) is 0 Å². The van der Waals surface area contributed by atoms with E-state index in [1.54, 1.807) is 6.07 Å². The Morgan fingerprint density at radius 2 is 1.89 bits per heavy atom. The molecule has 0 unspecified atom stereocenters. The van der Waals surface area contributed by atoms with Crippen LogP contribution >= 0.6 is 22.6 Å². The van der Waals surface area contributed by atoms with Crippen LogP contribution < -0.4 is 28.5 Å². The highest BCUT2D eigenvalue weighted by Crippen LogP contribution is 2.31. The van der Waals surface area contributed by atoms with Crippen molar-refractivity contribution in [1.29, 1.82) is 0 Å². The second-order valence-electron chi connectivity index (χ2n) is 4.09. The Morgan fingerprint density at radius 3 is 2.47 bits per heavy atom. The van der Waals surface area contributed by atoms with E-state index in [4.69, 9.17) is 0 Å². The number of aryl methyl sites for hydroxylation is 1. The first kappa shape index (κ1) is 16.9. The largest absolute Gasteiger partial charge is 1.00 e. The van der Waals surface area contributed by atoms with E-state index in [0.717, 1.165) is 21.4 Å². The highest BCUT2D eigenvalue weighted by atomic mass is 127. The maximum Gasteiger partial charge on any atom is 0.416 e. The molecule has 2 aromatic rings. The van der Waals surface area contributed by atoms with Crippen molar-refractivity contribution in [3.8, 4) is 0 Å². The third kappa shape index (κ3) is 3.71. The highest BCUT2D eigenvalue weighted by Gasteiger charge is 2.31. The molecule has 1 aromatic carbocycles. The quantitative estimate of drug-likeness (QED) is 0.438. The molecule has 0 saturated carbocycles. The van der Waals surface area contributed by atoms with Gasteiger partial charge in [0.25, 0.3) is 0 Å². The van der Waals surface area contributed by atoms with Gasteiger partial charge in [-0.15, -0.1) is 0 Å². The maximum absolute atomic E-state index is 12.7. The van der Waals surface area contributed by atoms with Gasteiger partial charge in [-0.05, 0) is 34.7 Å². The number of aromatic nitrogens is 1. The van der Waals surface area contributed by atoms with Crippen molar-refractivity contribution in [2.75, 3.05) is 0 Å². The Kier molecular flexibility index (Phi) is 5.84. The number of alkyl halides is 3. The first-order valence-corrected chi connectivity index (χ1v) is 6.70. The van der Waals surface area contributed by atoms with E-state index in [-0.39, 0.29) is 24.0 Å². The first-order chi connectivity index (χ1) is 8.43. The van der Waals surface area contributed by atoms with E-state index >= 15 is 0 Å². The van der Waals surface area contributed by atoms with Crippen molar-refractivity contribution in [3.05, 3.63) is 39.6 Å². The molecule has 0 fully saturated rings. The fraction of sp³-hybridized carbons (Fsp3) is 0.308. The third-order valence-electron chi connectivity index (χ3n) is 2.76. The molecule has 0 saturated heterocycles. The summed E-state index contributed by atoms with van der Waals surface area (Å²) in [6.45, 7) is 2.72. The molecule has 0 aliphatic carbocycles. The minimum absolute atomic E-state index is 0. The second-order valence-corrected chi connectivity index (χ2v) is 5.25. The number of hydrogen-bond donors (Lipinski definition) is 0. The number of fused-ring (bicyclic) bond motifs is 1. The summed E-state index contributed by atoms with van der Waals surface area (Å²) in [5.74, 6) is 0. The Labute approximate surface area is 140 Å². The lowest BCUT2D eigenvalue weighted by atomic mass is 10.1. The van der Waals surface area contributed by atoms with Crippen LogP contribution in [0.5, 0.6) is 0 Å². The van der Waals surface area contributed by atoms with Gasteiger partial charge in [0.15, 0.2) is 6.20 Å². The average Bonchev–Trinajstić information content (AvgIpc) is 2.31. The second kappa shape index (κ2) is 6.55. The zero-order chi connectivity index (χ0) is 13.3. The number of rotatable bonds is 2. The zero-order valence-electron chi connectivity index (χ0n) is 10.1. The van der Waals surface area contributed by atoms with E-state index < -0.39 is 11.7 Å². The fourth-order valence-electron chi connectivity index (χ4n) is 1.91. The first-order valence-electron chi connectivity index (χ1n) is 5.62. The standard InChI is InChI=1S/C13H12F3IN.HI/c1-2-6-18-7-5-11(17)10-4-3-9(8-12(10)18)13(14,15)16;/h3-5,7-8H,2,6H2,1H3;1H/q+1;/p-1. The Morgan fingerprint density at radius 1 is 1.21 bits per heavy atom. The minimum atomic E-state index is -4.29. The summed E-state index contributed by atoms with van der Waals surface area (Å²) in [4.78, 5) is 0. The monoisotopic (exact) mass is 493 g/mol. The molecule has 0 radical (unpaired) electrons. The van der Waals surface area contributed by atoms with Crippen molar-refractivity contribution in [2.24, 2.45) is 0 Å². The average molecular weight is 493 g/mol. The minimum Gasteiger partial charge on any atom is -1.00 e. The molecular formula is C13H12F3I2N. The molecule has 0 amide bonds. The molecule has 0 aliphatic rings. The van der Waals surface area contributed by atoms with Crippen LogP contribution in [0.3, 0.4) is 0 Å². The number of hydrogen-bond acceptors (Lipinski definition) is 0. The van der Waals surface area contributed by atoms with Crippen LogP contribution in [0, 0.1) is 3.57 Å². The topological polar surface area (TPSA) is 3.88 Å². The predicted molar refractivity (Wildman–Crippen MR) is 72.2 cm³/mol. The normalized spacial score (nSPS) is 11.4. The van der Waals surface area contributed by atoms with Gasteiger partial charge < -0.3 is 24.0 Å². The summed E-state index contributed by atoms with van der Waals surface area (Å²) in [6.07, 6.45) is -1.57. The molecule has 1 aromatic heterocycles. The van der Waals surface area contributed by atoms with Gasteiger partial charge in [0.2, 0.25) is 5.52 Å². The van der Waals surface area contributed by atoms with Crippen molar-refractivity contribution < 1.29 is 41.7 Å². The van der Waals surface area contributed by atoms with Gasteiger partial charge in [-0.2, -0.15) is 17.7 Å². The summed E-state index contributed by atoms with van der Waals surface area (Å²) in [6, 6.07) is 5.84. The number of nitrogens with zero attached hydrogens (tertiary/aromatic N) is 1. The van der Waals surface area contributed by atoms with Gasteiger partial charge in [0, 0.05) is 22.1 Å². The summed E-state index contributed by atoms with van der Waals surface area (Å²) < 4.78 is 41.0. The van der Waals surface area contributed by atoms with E-state index in [9.17, 15) is 13.2 Å². The summed E-state index contributed by atoms with van der Waals surface area (Å²) in [7, 11) is 0. The van der Waals surface area contributed by atoms with Crippen LogP contribution in [-0.4, -0.2) is 0 Å². The smallest absolute Gasteiger partial charge is 0.416 e. The Bertz CT molecular complexity index is 582. The van der Waals surface area contributed by atoms with Gasteiger partial charge in [-0.3, -0.25) is 0 Å². The molecule has 0 atom stereocenters. The lowest BCUT2D eigenvalue weighted by Crippen LogP contribution is -3.00. The summed E-state index contributed by atoms with van der Waals surface area (Å²) in [5, 5.41) is 0.861. The maximum atomic E-state index is 12.7. The molecule has 19 heavy (non-hydrogen) atoms. The van der Waals surface area contributed by atoms with Crippen LogP contribution in [0.4, 0.5) is 13.2 Å². The van der Waals surface area contributed by atoms with Gasteiger partial charge >= 0.3 is 6.18 Å². The van der Waals surface area contributed by atoms with Crippen molar-refractivity contribution in [2.45, 2.75) is 26.1 Å². The molecule has 104 valence electrons. The number of benzene rings is 1. The van der Waals surface area contributed by atoms with E-state index in [1.807, 2.05) is 23.8 Å². The van der Waals surface area contributed by atoms with Crippen LogP contribution in [0.25, 0.3) is 10.9 Å². The van der Waals surface area contributed by atoms with E-state index in [0.29, 0.717) is 12.1 Å². The predicted octanol–water partition coefficient (Wildman–Crippen LogP) is 1.16. The number of pyridine rings is 1. The molecule has 0 N–H and O–H groups in total. The van der Waals surface area contributed by atoms with Crippen LogP contribution in [0.2, 0.25) is 0 Å². The lowest BCUT2D eigenvalue weighted by Gasteiger charge is -2.08. The zero-order valence-corrected chi connectivity index (χ0v) is 14.5. The summed E-state index contributed by atoms with van der Waals surface area (Å²) in [5.41, 5.74) is 0.0421. The van der Waals surface area contributed by atoms with Crippen LogP contribution in [-0.2, 0) is 12.7 Å². The van der Waals surface area contributed by atoms with Crippen molar-refractivity contribution in [1.82, 2.24) is 0 Å². The molecule has 6 heteroatoms. The molecule has 0 bridgehead atoms. The van der Waals surface area contributed by atoms with Gasteiger partial charge in [-0.25, -0.2) is 0 Å². The SMILES string of the molecule is CCC[n+]1ccc(I)c2ccc(C(F)(F)F)cc21.[I-]. The summed E-state index contributed by atoms with van der Waals surface area (Å²) >= 11 is 2.14. The lowest BCUT2D eigenvalue weighted by molar-refractivity contribution is -0.671. The molecular weight excluding hydrogens is 481 g/mol. The molecule has 0 aliphatic heterocycles. The Hall–Kier alpha value is -0.120. The van der Waals surface area contributed by atoms with E-state index in [2.05, 4.69) is 22.6 Å². The molecule has 2 rings (SSSR count). The van der Waals surface area contributed by atoms with E-state index in [1.165, 1.54) is 6.07 Å². The van der Waals surface area contributed by atoms with Crippen molar-refractivity contribution >= 4 is 33.5 Å². The van der Waals surface area contributed by atoms with Gasteiger partial charge in [-0.1, -0.05) is 6.92 Å². The molecule has 1 heterocycles. The third-order valence-corrected chi connectivity index (χ3v) is 3.70. The van der Waals surface area contributed by atoms with Crippen LogP contribution in [0.1, 0.15) is 18.9 Å².